The molecule has 5 heteroatoms. The summed E-state index contributed by atoms with van der Waals surface area (Å²) in [6.07, 6.45) is 2.51. The van der Waals surface area contributed by atoms with Crippen molar-refractivity contribution in [2.45, 2.75) is 46.1 Å². The maximum atomic E-state index is 12.0. The van der Waals surface area contributed by atoms with Crippen LogP contribution in [-0.2, 0) is 10.0 Å². The first-order valence-corrected chi connectivity index (χ1v) is 7.74. The van der Waals surface area contributed by atoms with Crippen LogP contribution in [0.1, 0.15) is 40.0 Å². The van der Waals surface area contributed by atoms with Crippen LogP contribution in [0, 0.1) is 0 Å². The predicted molar refractivity (Wildman–Crippen MR) is 69.1 cm³/mol. The summed E-state index contributed by atoms with van der Waals surface area (Å²) in [5.74, 6) is 0.271. The van der Waals surface area contributed by atoms with Crippen molar-refractivity contribution in [3.05, 3.63) is 0 Å². The Hall–Kier alpha value is -0.130. The maximum Gasteiger partial charge on any atom is 0.214 e. The van der Waals surface area contributed by atoms with Crippen molar-refractivity contribution < 1.29 is 8.42 Å². The van der Waals surface area contributed by atoms with Gasteiger partial charge in [0.25, 0.3) is 0 Å². The lowest BCUT2D eigenvalue weighted by Gasteiger charge is -2.26. The van der Waals surface area contributed by atoms with E-state index in [4.69, 9.17) is 0 Å². The predicted octanol–water partition coefficient (Wildman–Crippen LogP) is 1.44. The quantitative estimate of drug-likeness (QED) is 0.630. The lowest BCUT2D eigenvalue weighted by molar-refractivity contribution is 0.342. The van der Waals surface area contributed by atoms with Crippen molar-refractivity contribution in [2.24, 2.45) is 0 Å². The zero-order chi connectivity index (χ0) is 12.6. The van der Waals surface area contributed by atoms with Crippen LogP contribution in [0.25, 0.3) is 0 Å². The molecule has 0 saturated heterocycles. The summed E-state index contributed by atoms with van der Waals surface area (Å²) in [5.41, 5.74) is 0. The summed E-state index contributed by atoms with van der Waals surface area (Å²) >= 11 is 0. The van der Waals surface area contributed by atoms with Crippen molar-refractivity contribution in [3.63, 3.8) is 0 Å². The average molecular weight is 250 g/mol. The van der Waals surface area contributed by atoms with Gasteiger partial charge in [-0.2, -0.15) is 4.31 Å². The molecule has 0 aromatic rings. The lowest BCUT2D eigenvalue weighted by Crippen LogP contribution is -2.39. The van der Waals surface area contributed by atoms with Crippen LogP contribution in [0.5, 0.6) is 0 Å². The fourth-order valence-electron chi connectivity index (χ4n) is 1.69. The molecule has 0 spiro atoms. The molecule has 16 heavy (non-hydrogen) atoms. The Morgan fingerprint density at radius 1 is 1.25 bits per heavy atom. The second-order valence-corrected chi connectivity index (χ2v) is 6.13. The summed E-state index contributed by atoms with van der Waals surface area (Å²) in [6.45, 7) is 7.34. The van der Waals surface area contributed by atoms with E-state index < -0.39 is 10.0 Å². The number of hydrogen-bond acceptors (Lipinski definition) is 3. The van der Waals surface area contributed by atoms with Crippen molar-refractivity contribution in [3.8, 4) is 0 Å². The van der Waals surface area contributed by atoms with Gasteiger partial charge in [-0.25, -0.2) is 8.42 Å². The third kappa shape index (κ3) is 5.27. The van der Waals surface area contributed by atoms with Crippen LogP contribution >= 0.6 is 0 Å². The Balaban J connectivity index is 4.27. The molecule has 0 aliphatic carbocycles. The Labute approximate surface area is 100 Å². The highest BCUT2D eigenvalue weighted by atomic mass is 32.2. The number of unbranched alkanes of at least 4 members (excludes halogenated alkanes) is 1. The molecule has 1 unspecified atom stereocenters. The van der Waals surface area contributed by atoms with Crippen molar-refractivity contribution in [1.29, 1.82) is 0 Å². The molecule has 98 valence electrons. The number of nitrogens with one attached hydrogen (secondary N) is 1. The SMILES string of the molecule is CCC(C)N(CC)S(=O)(=O)CCCCNC. The van der Waals surface area contributed by atoms with Gasteiger partial charge in [-0.3, -0.25) is 0 Å². The molecule has 0 aromatic carbocycles. The van der Waals surface area contributed by atoms with E-state index in [9.17, 15) is 8.42 Å². The van der Waals surface area contributed by atoms with Gasteiger partial charge in [0.05, 0.1) is 5.75 Å². The molecule has 0 amide bonds. The van der Waals surface area contributed by atoms with Gasteiger partial charge in [-0.05, 0) is 39.8 Å². The molecular formula is C11H26N2O2S. The fraction of sp³-hybridized carbons (Fsp3) is 1.00. The minimum Gasteiger partial charge on any atom is -0.320 e. The van der Waals surface area contributed by atoms with E-state index in [1.807, 2.05) is 27.8 Å². The van der Waals surface area contributed by atoms with Gasteiger partial charge in [0, 0.05) is 12.6 Å². The van der Waals surface area contributed by atoms with Crippen LogP contribution in [0.4, 0.5) is 0 Å². The van der Waals surface area contributed by atoms with Gasteiger partial charge in [-0.15, -0.1) is 0 Å². The van der Waals surface area contributed by atoms with Gasteiger partial charge >= 0.3 is 0 Å². The Morgan fingerprint density at radius 2 is 1.88 bits per heavy atom. The highest BCUT2D eigenvalue weighted by Crippen LogP contribution is 2.11. The van der Waals surface area contributed by atoms with E-state index in [1.165, 1.54) is 0 Å². The van der Waals surface area contributed by atoms with Crippen LogP contribution in [-0.4, -0.2) is 44.7 Å². The van der Waals surface area contributed by atoms with Crippen LogP contribution in [0.2, 0.25) is 0 Å². The van der Waals surface area contributed by atoms with Gasteiger partial charge in [0.1, 0.15) is 0 Å². The van der Waals surface area contributed by atoms with Gasteiger partial charge in [0.2, 0.25) is 10.0 Å². The van der Waals surface area contributed by atoms with E-state index in [0.717, 1.165) is 25.8 Å². The molecule has 0 fully saturated rings. The highest BCUT2D eigenvalue weighted by Gasteiger charge is 2.23. The van der Waals surface area contributed by atoms with Crippen LogP contribution in [0.3, 0.4) is 0 Å². The first-order valence-electron chi connectivity index (χ1n) is 6.13. The van der Waals surface area contributed by atoms with Crippen LogP contribution < -0.4 is 5.32 Å². The first kappa shape index (κ1) is 15.9. The minimum absolute atomic E-state index is 0.110. The standard InChI is InChI=1S/C11H26N2O2S/c1-5-11(3)13(6-2)16(14,15)10-8-7-9-12-4/h11-12H,5-10H2,1-4H3. The molecule has 0 rings (SSSR count). The third-order valence-electron chi connectivity index (χ3n) is 2.83. The Bertz CT molecular complexity index is 265. The minimum atomic E-state index is -3.06. The van der Waals surface area contributed by atoms with E-state index in [-0.39, 0.29) is 11.8 Å². The average Bonchev–Trinajstić information content (AvgIpc) is 2.24. The number of sulfonamides is 1. The number of hydrogen-bond donors (Lipinski definition) is 1. The first-order chi connectivity index (χ1) is 7.49. The lowest BCUT2D eigenvalue weighted by atomic mass is 10.3. The second-order valence-electron chi connectivity index (χ2n) is 4.09. The highest BCUT2D eigenvalue weighted by molar-refractivity contribution is 7.89. The summed E-state index contributed by atoms with van der Waals surface area (Å²) in [6, 6.07) is 0.110. The number of rotatable bonds is 9. The molecule has 0 aliphatic heterocycles. The molecule has 0 heterocycles. The van der Waals surface area contributed by atoms with Gasteiger partial charge in [0.15, 0.2) is 0 Å². The molecule has 0 aliphatic rings. The monoisotopic (exact) mass is 250 g/mol. The van der Waals surface area contributed by atoms with Crippen molar-refractivity contribution in [1.82, 2.24) is 9.62 Å². The Morgan fingerprint density at radius 3 is 2.31 bits per heavy atom. The Kier molecular flexibility index (Phi) is 7.97. The van der Waals surface area contributed by atoms with E-state index in [0.29, 0.717) is 6.54 Å². The number of nitrogens with zero attached hydrogens (tertiary/aromatic N) is 1. The molecule has 1 N–H and O–H groups in total. The zero-order valence-electron chi connectivity index (χ0n) is 11.0. The summed E-state index contributed by atoms with van der Waals surface area (Å²) < 4.78 is 25.7. The molecule has 0 bridgehead atoms. The second kappa shape index (κ2) is 8.03. The fourth-order valence-corrected chi connectivity index (χ4v) is 3.58. The third-order valence-corrected chi connectivity index (χ3v) is 4.97. The smallest absolute Gasteiger partial charge is 0.214 e. The maximum absolute atomic E-state index is 12.0. The summed E-state index contributed by atoms with van der Waals surface area (Å²) in [7, 11) is -1.18. The van der Waals surface area contributed by atoms with E-state index in [1.54, 1.807) is 4.31 Å². The molecule has 0 aromatic heterocycles. The van der Waals surface area contributed by atoms with Crippen LogP contribution in [0.15, 0.2) is 0 Å². The zero-order valence-corrected chi connectivity index (χ0v) is 11.8. The van der Waals surface area contributed by atoms with Crippen molar-refractivity contribution in [2.75, 3.05) is 25.9 Å². The van der Waals surface area contributed by atoms with Gasteiger partial charge < -0.3 is 5.32 Å². The molecular weight excluding hydrogens is 224 g/mol. The van der Waals surface area contributed by atoms with E-state index in [2.05, 4.69) is 5.32 Å². The molecule has 1 atom stereocenters. The summed E-state index contributed by atoms with van der Waals surface area (Å²) in [4.78, 5) is 0. The van der Waals surface area contributed by atoms with E-state index >= 15 is 0 Å². The molecule has 0 radical (unpaired) electrons. The largest absolute Gasteiger partial charge is 0.320 e. The van der Waals surface area contributed by atoms with Gasteiger partial charge in [-0.1, -0.05) is 13.8 Å². The molecule has 4 nitrogen and oxygen atoms in total. The molecule has 0 saturated carbocycles. The normalized spacial score (nSPS) is 14.3. The summed E-state index contributed by atoms with van der Waals surface area (Å²) in [5, 5.41) is 3.02. The topological polar surface area (TPSA) is 49.4 Å². The van der Waals surface area contributed by atoms with Crippen molar-refractivity contribution >= 4 is 10.0 Å².